The molecule has 3 atom stereocenters. The van der Waals surface area contributed by atoms with Gasteiger partial charge in [-0.25, -0.2) is 17.5 Å². The average molecular weight is 535 g/mol. The molecule has 0 amide bonds. The SMILES string of the molecule is Cc1noc([C@H]2[C@@H]3CN(S(=O)(=O)c4cnn(C)n4)C[C@@]32c2cc3cnn(-c4ccc(F)cc4)c3cc2C)n1. The van der Waals surface area contributed by atoms with E-state index in [1.807, 2.05) is 13.0 Å². The Labute approximate surface area is 216 Å². The van der Waals surface area contributed by atoms with Gasteiger partial charge < -0.3 is 4.52 Å². The second-order valence-electron chi connectivity index (χ2n) is 10.0. The number of benzene rings is 2. The van der Waals surface area contributed by atoms with Crippen LogP contribution in [-0.2, 0) is 22.5 Å². The molecule has 7 rings (SSSR count). The van der Waals surface area contributed by atoms with E-state index in [2.05, 4.69) is 31.5 Å². The van der Waals surface area contributed by atoms with E-state index < -0.39 is 15.4 Å². The summed E-state index contributed by atoms with van der Waals surface area (Å²) in [6, 6.07) is 10.3. The van der Waals surface area contributed by atoms with Gasteiger partial charge in [-0.3, -0.25) is 0 Å². The minimum absolute atomic E-state index is 0.0444. The zero-order chi connectivity index (χ0) is 26.4. The summed E-state index contributed by atoms with van der Waals surface area (Å²) >= 11 is 0. The highest BCUT2D eigenvalue weighted by Crippen LogP contribution is 2.70. The first-order valence-electron chi connectivity index (χ1n) is 12.1. The molecule has 0 spiro atoms. The van der Waals surface area contributed by atoms with E-state index in [-0.39, 0.29) is 29.2 Å². The topological polar surface area (TPSA) is 125 Å². The van der Waals surface area contributed by atoms with Gasteiger partial charge in [-0.05, 0) is 67.3 Å². The Balaban J connectivity index is 1.33. The Bertz CT molecular complexity index is 1830. The maximum absolute atomic E-state index is 13.5. The molecule has 4 heterocycles. The molecule has 194 valence electrons. The number of hydrogen-bond donors (Lipinski definition) is 0. The van der Waals surface area contributed by atoms with E-state index in [1.54, 1.807) is 37.0 Å². The van der Waals surface area contributed by atoms with Gasteiger partial charge in [0.15, 0.2) is 5.82 Å². The van der Waals surface area contributed by atoms with Crippen molar-refractivity contribution < 1.29 is 17.3 Å². The zero-order valence-corrected chi connectivity index (χ0v) is 21.6. The molecule has 1 aliphatic heterocycles. The van der Waals surface area contributed by atoms with Crippen LogP contribution in [0, 0.1) is 25.6 Å². The molecule has 0 bridgehead atoms. The van der Waals surface area contributed by atoms with Crippen LogP contribution in [0.15, 0.2) is 58.3 Å². The highest BCUT2D eigenvalue weighted by atomic mass is 32.2. The fourth-order valence-electron chi connectivity index (χ4n) is 6.09. The lowest BCUT2D eigenvalue weighted by Gasteiger charge is -2.23. The molecule has 5 aromatic rings. The molecule has 2 fully saturated rings. The minimum atomic E-state index is -3.83. The first-order chi connectivity index (χ1) is 18.2. The van der Waals surface area contributed by atoms with Crippen LogP contribution in [0.1, 0.15) is 28.8 Å². The number of piperidine rings is 1. The fraction of sp³-hybridized carbons (Fsp3) is 0.320. The van der Waals surface area contributed by atoms with Crippen molar-refractivity contribution in [3.8, 4) is 5.69 Å². The number of sulfonamides is 1. The maximum atomic E-state index is 13.5. The Morgan fingerprint density at radius 1 is 1.11 bits per heavy atom. The molecule has 3 aromatic heterocycles. The smallest absolute Gasteiger partial charge is 0.264 e. The van der Waals surface area contributed by atoms with Crippen LogP contribution in [0.25, 0.3) is 16.6 Å². The van der Waals surface area contributed by atoms with Crippen LogP contribution in [0.2, 0.25) is 0 Å². The van der Waals surface area contributed by atoms with E-state index in [1.165, 1.54) is 27.4 Å². The second kappa shape index (κ2) is 7.77. The minimum Gasteiger partial charge on any atom is -0.339 e. The van der Waals surface area contributed by atoms with Crippen LogP contribution in [0.3, 0.4) is 0 Å². The van der Waals surface area contributed by atoms with E-state index in [0.29, 0.717) is 18.3 Å². The molecule has 0 N–H and O–H groups in total. The fourth-order valence-corrected chi connectivity index (χ4v) is 7.50. The Hall–Kier alpha value is -3.97. The van der Waals surface area contributed by atoms with Crippen LogP contribution in [-0.4, -0.2) is 60.7 Å². The van der Waals surface area contributed by atoms with E-state index in [4.69, 9.17) is 4.52 Å². The number of fused-ring (bicyclic) bond motifs is 2. The average Bonchev–Trinajstić information content (AvgIpc) is 3.48. The molecule has 1 saturated heterocycles. The lowest BCUT2D eigenvalue weighted by molar-refractivity contribution is 0.345. The van der Waals surface area contributed by atoms with Crippen LogP contribution in [0.4, 0.5) is 4.39 Å². The number of aryl methyl sites for hydroxylation is 3. The van der Waals surface area contributed by atoms with Crippen molar-refractivity contribution >= 4 is 20.9 Å². The van der Waals surface area contributed by atoms with Gasteiger partial charge in [0.25, 0.3) is 10.0 Å². The number of hydrogen-bond acceptors (Lipinski definition) is 8. The predicted molar refractivity (Wildman–Crippen MR) is 132 cm³/mol. The summed E-state index contributed by atoms with van der Waals surface area (Å²) in [5, 5.41) is 17.3. The van der Waals surface area contributed by atoms with Gasteiger partial charge in [-0.1, -0.05) is 5.16 Å². The van der Waals surface area contributed by atoms with Crippen molar-refractivity contribution in [2.24, 2.45) is 13.0 Å². The molecular formula is C25H23FN8O3S. The normalized spacial score (nSPS) is 23.3. The third-order valence-corrected chi connectivity index (χ3v) is 9.50. The molecular weight excluding hydrogens is 511 g/mol. The van der Waals surface area contributed by atoms with Gasteiger partial charge in [0.2, 0.25) is 10.9 Å². The van der Waals surface area contributed by atoms with Crippen LogP contribution in [0.5, 0.6) is 0 Å². The molecule has 0 unspecified atom stereocenters. The molecule has 13 heteroatoms. The van der Waals surface area contributed by atoms with Crippen molar-refractivity contribution in [3.05, 3.63) is 77.5 Å². The van der Waals surface area contributed by atoms with Crippen LogP contribution >= 0.6 is 0 Å². The molecule has 2 aliphatic rings. The molecule has 38 heavy (non-hydrogen) atoms. The summed E-state index contributed by atoms with van der Waals surface area (Å²) < 4.78 is 49.2. The summed E-state index contributed by atoms with van der Waals surface area (Å²) in [5.74, 6) is 0.590. The first kappa shape index (κ1) is 23.2. The standard InChI is InChI=1S/C25H23FN8O3S/c1-14-8-21-16(10-28-34(21)18-6-4-17(26)5-7-18)9-19(14)25-13-33(38(35,36)22-11-27-32(3)30-22)12-20(25)23(25)24-29-15(2)31-37-24/h4-11,20,23H,12-13H2,1-3H3/t20-,23+,25+/m0/s1. The monoisotopic (exact) mass is 534 g/mol. The summed E-state index contributed by atoms with van der Waals surface area (Å²) in [5.41, 5.74) is 3.09. The summed E-state index contributed by atoms with van der Waals surface area (Å²) in [6.07, 6.45) is 3.04. The van der Waals surface area contributed by atoms with Gasteiger partial charge in [0.1, 0.15) is 5.82 Å². The lowest BCUT2D eigenvalue weighted by Crippen LogP contribution is -2.35. The summed E-state index contributed by atoms with van der Waals surface area (Å²) in [4.78, 5) is 5.74. The predicted octanol–water partition coefficient (Wildman–Crippen LogP) is 2.65. The Morgan fingerprint density at radius 2 is 1.89 bits per heavy atom. The summed E-state index contributed by atoms with van der Waals surface area (Å²) in [7, 11) is -2.25. The maximum Gasteiger partial charge on any atom is 0.264 e. The molecule has 11 nitrogen and oxygen atoms in total. The van der Waals surface area contributed by atoms with Gasteiger partial charge in [-0.15, -0.1) is 5.10 Å². The van der Waals surface area contributed by atoms with Crippen molar-refractivity contribution in [1.82, 2.24) is 39.2 Å². The largest absolute Gasteiger partial charge is 0.339 e. The van der Waals surface area contributed by atoms with E-state index >= 15 is 0 Å². The van der Waals surface area contributed by atoms with Gasteiger partial charge >= 0.3 is 0 Å². The van der Waals surface area contributed by atoms with Crippen LogP contribution < -0.4 is 0 Å². The second-order valence-corrected chi connectivity index (χ2v) is 11.9. The van der Waals surface area contributed by atoms with E-state index in [0.717, 1.165) is 27.7 Å². The molecule has 2 aromatic carbocycles. The zero-order valence-electron chi connectivity index (χ0n) is 20.8. The lowest BCUT2D eigenvalue weighted by atomic mass is 9.88. The first-order valence-corrected chi connectivity index (χ1v) is 13.5. The van der Waals surface area contributed by atoms with Crippen molar-refractivity contribution in [2.75, 3.05) is 13.1 Å². The highest BCUT2D eigenvalue weighted by molar-refractivity contribution is 7.89. The van der Waals surface area contributed by atoms with Gasteiger partial charge in [-0.2, -0.15) is 24.3 Å². The number of aromatic nitrogens is 7. The van der Waals surface area contributed by atoms with Crippen molar-refractivity contribution in [3.63, 3.8) is 0 Å². The van der Waals surface area contributed by atoms with E-state index in [9.17, 15) is 12.8 Å². The molecule has 0 radical (unpaired) electrons. The van der Waals surface area contributed by atoms with Crippen molar-refractivity contribution in [1.29, 1.82) is 0 Å². The van der Waals surface area contributed by atoms with Gasteiger partial charge in [0, 0.05) is 30.9 Å². The summed E-state index contributed by atoms with van der Waals surface area (Å²) in [6.45, 7) is 4.33. The number of rotatable bonds is 5. The quantitative estimate of drug-likeness (QED) is 0.337. The molecule has 1 saturated carbocycles. The van der Waals surface area contributed by atoms with Gasteiger partial charge in [0.05, 0.1) is 29.5 Å². The third-order valence-electron chi connectivity index (χ3n) is 7.83. The number of halogens is 1. The van der Waals surface area contributed by atoms with Crippen molar-refractivity contribution in [2.45, 2.75) is 30.2 Å². The number of nitrogens with zero attached hydrogens (tertiary/aromatic N) is 8. The Morgan fingerprint density at radius 3 is 2.58 bits per heavy atom. The highest BCUT2D eigenvalue weighted by Gasteiger charge is 2.74. The Kier molecular flexibility index (Phi) is 4.74. The molecule has 1 aliphatic carbocycles. The third kappa shape index (κ3) is 3.21.